The van der Waals surface area contributed by atoms with E-state index in [1.54, 1.807) is 0 Å². The Morgan fingerprint density at radius 2 is 1.90 bits per heavy atom. The van der Waals surface area contributed by atoms with Gasteiger partial charge in [0.1, 0.15) is 0 Å². The molecule has 1 aromatic rings. The summed E-state index contributed by atoms with van der Waals surface area (Å²) in [4.78, 5) is 1.35. The third-order valence-electron chi connectivity index (χ3n) is 3.56. The molecule has 1 aromatic carbocycles. The maximum atomic E-state index is 3.53. The molecule has 1 atom stereocenters. The molecule has 1 nitrogen and oxygen atoms in total. The van der Waals surface area contributed by atoms with Crippen LogP contribution in [-0.4, -0.2) is 18.8 Å². The van der Waals surface area contributed by atoms with Crippen molar-refractivity contribution in [1.82, 2.24) is 5.32 Å². The largest absolute Gasteiger partial charge is 0.316 e. The lowest BCUT2D eigenvalue weighted by molar-refractivity contribution is 0.514. The summed E-state index contributed by atoms with van der Waals surface area (Å²) in [5, 5.41) is 3.46. The lowest BCUT2D eigenvalue weighted by Crippen LogP contribution is -2.27. The molecule has 0 aromatic heterocycles. The van der Waals surface area contributed by atoms with E-state index in [9.17, 15) is 0 Å². The van der Waals surface area contributed by atoms with Crippen molar-refractivity contribution in [3.63, 3.8) is 0 Å². The molecular formula is C17H28BrNS. The number of unbranched alkanes of at least 4 members (excludes halogenated alkanes) is 5. The molecule has 20 heavy (non-hydrogen) atoms. The topological polar surface area (TPSA) is 12.0 Å². The molecule has 1 rings (SSSR count). The second-order valence-electron chi connectivity index (χ2n) is 5.31. The average Bonchev–Trinajstić information content (AvgIpc) is 2.46. The fourth-order valence-corrected chi connectivity index (χ4v) is 3.90. The minimum Gasteiger partial charge on any atom is -0.316 e. The Morgan fingerprint density at radius 3 is 2.60 bits per heavy atom. The van der Waals surface area contributed by atoms with Crippen LogP contribution in [0.5, 0.6) is 0 Å². The molecular weight excluding hydrogens is 330 g/mol. The van der Waals surface area contributed by atoms with Crippen LogP contribution in [0.2, 0.25) is 0 Å². The van der Waals surface area contributed by atoms with Gasteiger partial charge in [0.25, 0.3) is 0 Å². The highest BCUT2D eigenvalue weighted by atomic mass is 79.9. The Morgan fingerprint density at radius 1 is 1.15 bits per heavy atom. The molecule has 0 aliphatic heterocycles. The van der Waals surface area contributed by atoms with Gasteiger partial charge in [-0.1, -0.05) is 67.4 Å². The van der Waals surface area contributed by atoms with E-state index in [-0.39, 0.29) is 0 Å². The van der Waals surface area contributed by atoms with Crippen LogP contribution in [0.15, 0.2) is 33.6 Å². The zero-order chi connectivity index (χ0) is 14.6. The van der Waals surface area contributed by atoms with Gasteiger partial charge in [0.2, 0.25) is 0 Å². The Kier molecular flexibility index (Phi) is 10.5. The second kappa shape index (κ2) is 11.6. The van der Waals surface area contributed by atoms with Crippen molar-refractivity contribution in [2.24, 2.45) is 0 Å². The first-order chi connectivity index (χ1) is 9.76. The van der Waals surface area contributed by atoms with Crippen molar-refractivity contribution in [2.75, 3.05) is 12.8 Å². The van der Waals surface area contributed by atoms with E-state index < -0.39 is 0 Å². The molecule has 0 radical (unpaired) electrons. The zero-order valence-electron chi connectivity index (χ0n) is 12.8. The summed E-state index contributed by atoms with van der Waals surface area (Å²) in [6.07, 6.45) is 9.59. The third kappa shape index (κ3) is 8.33. The summed E-state index contributed by atoms with van der Waals surface area (Å²) >= 11 is 5.48. The van der Waals surface area contributed by atoms with Crippen molar-refractivity contribution in [1.29, 1.82) is 0 Å². The second-order valence-corrected chi connectivity index (χ2v) is 7.32. The maximum absolute atomic E-state index is 3.53. The molecule has 1 unspecified atom stereocenters. The molecule has 0 aliphatic rings. The first-order valence-corrected chi connectivity index (χ1v) is 9.59. The van der Waals surface area contributed by atoms with Crippen molar-refractivity contribution >= 4 is 27.7 Å². The highest BCUT2D eigenvalue weighted by Gasteiger charge is 2.06. The van der Waals surface area contributed by atoms with Gasteiger partial charge in [-0.2, -0.15) is 0 Å². The zero-order valence-corrected chi connectivity index (χ0v) is 15.2. The number of rotatable bonds is 11. The molecule has 114 valence electrons. The molecule has 1 N–H and O–H groups in total. The SMILES string of the molecule is CCCCCCCCC(CSc1cccc(Br)c1)NC. The van der Waals surface area contributed by atoms with Gasteiger partial charge in [-0.25, -0.2) is 0 Å². The summed E-state index contributed by atoms with van der Waals surface area (Å²) in [7, 11) is 2.09. The number of thioether (sulfide) groups is 1. The molecule has 3 heteroatoms. The van der Waals surface area contributed by atoms with Crippen LogP contribution >= 0.6 is 27.7 Å². The molecule has 0 spiro atoms. The van der Waals surface area contributed by atoms with Gasteiger partial charge < -0.3 is 5.32 Å². The minimum absolute atomic E-state index is 0.630. The average molecular weight is 358 g/mol. The van der Waals surface area contributed by atoms with Crippen LogP contribution in [0.4, 0.5) is 0 Å². The summed E-state index contributed by atoms with van der Waals surface area (Å²) in [6.45, 7) is 2.27. The van der Waals surface area contributed by atoms with E-state index in [2.05, 4.69) is 59.5 Å². The number of nitrogens with one attached hydrogen (secondary N) is 1. The standard InChI is InChI=1S/C17H28BrNS/c1-3-4-5-6-7-8-11-16(19-2)14-20-17-12-9-10-15(18)13-17/h9-10,12-13,16,19H,3-8,11,14H2,1-2H3. The summed E-state index contributed by atoms with van der Waals surface area (Å²) in [5.74, 6) is 1.15. The molecule has 0 bridgehead atoms. The third-order valence-corrected chi connectivity index (χ3v) is 5.21. The molecule has 0 saturated carbocycles. The molecule has 0 aliphatic carbocycles. The minimum atomic E-state index is 0.630. The number of hydrogen-bond acceptors (Lipinski definition) is 2. The Labute approximate surface area is 137 Å². The predicted molar refractivity (Wildman–Crippen MR) is 95.7 cm³/mol. The van der Waals surface area contributed by atoms with Gasteiger partial charge in [0, 0.05) is 21.2 Å². The summed E-state index contributed by atoms with van der Waals surface area (Å²) in [6, 6.07) is 9.20. The Balaban J connectivity index is 2.16. The highest BCUT2D eigenvalue weighted by molar-refractivity contribution is 9.10. The van der Waals surface area contributed by atoms with E-state index in [4.69, 9.17) is 0 Å². The quantitative estimate of drug-likeness (QED) is 0.392. The molecule has 0 fully saturated rings. The van der Waals surface area contributed by atoms with Gasteiger partial charge in [0.15, 0.2) is 0 Å². The highest BCUT2D eigenvalue weighted by Crippen LogP contribution is 2.23. The molecule has 0 heterocycles. The van der Waals surface area contributed by atoms with Crippen molar-refractivity contribution in [2.45, 2.75) is 62.8 Å². The predicted octanol–water partition coefficient (Wildman–Crippen LogP) is 5.88. The normalized spacial score (nSPS) is 12.6. The first-order valence-electron chi connectivity index (χ1n) is 7.82. The number of halogens is 1. The smallest absolute Gasteiger partial charge is 0.0186 e. The van der Waals surface area contributed by atoms with E-state index in [0.29, 0.717) is 6.04 Å². The van der Waals surface area contributed by atoms with Crippen LogP contribution in [0.25, 0.3) is 0 Å². The van der Waals surface area contributed by atoms with E-state index >= 15 is 0 Å². The van der Waals surface area contributed by atoms with Crippen molar-refractivity contribution < 1.29 is 0 Å². The van der Waals surface area contributed by atoms with Gasteiger partial charge in [-0.3, -0.25) is 0 Å². The van der Waals surface area contributed by atoms with Gasteiger partial charge in [0.05, 0.1) is 0 Å². The lowest BCUT2D eigenvalue weighted by Gasteiger charge is -2.15. The summed E-state index contributed by atoms with van der Waals surface area (Å²) < 4.78 is 1.17. The number of hydrogen-bond donors (Lipinski definition) is 1. The van der Waals surface area contributed by atoms with Crippen LogP contribution in [-0.2, 0) is 0 Å². The van der Waals surface area contributed by atoms with E-state index in [0.717, 1.165) is 5.75 Å². The van der Waals surface area contributed by atoms with E-state index in [1.165, 1.54) is 54.3 Å². The van der Waals surface area contributed by atoms with Crippen molar-refractivity contribution in [3.05, 3.63) is 28.7 Å². The van der Waals surface area contributed by atoms with Crippen LogP contribution in [0, 0.1) is 0 Å². The van der Waals surface area contributed by atoms with Gasteiger partial charge >= 0.3 is 0 Å². The van der Waals surface area contributed by atoms with Crippen LogP contribution < -0.4 is 5.32 Å². The Bertz CT molecular complexity index is 357. The molecule has 0 amide bonds. The first kappa shape index (κ1) is 18.1. The summed E-state index contributed by atoms with van der Waals surface area (Å²) in [5.41, 5.74) is 0. The molecule has 0 saturated heterocycles. The van der Waals surface area contributed by atoms with Crippen LogP contribution in [0.1, 0.15) is 51.9 Å². The fraction of sp³-hybridized carbons (Fsp3) is 0.647. The number of benzene rings is 1. The maximum Gasteiger partial charge on any atom is 0.0186 e. The monoisotopic (exact) mass is 357 g/mol. The Hall–Kier alpha value is 0.01000. The van der Waals surface area contributed by atoms with E-state index in [1.807, 2.05) is 11.8 Å². The fourth-order valence-electron chi connectivity index (χ4n) is 2.24. The van der Waals surface area contributed by atoms with Gasteiger partial charge in [-0.05, 0) is 31.7 Å². The lowest BCUT2D eigenvalue weighted by atomic mass is 10.1. The van der Waals surface area contributed by atoms with Crippen LogP contribution in [0.3, 0.4) is 0 Å². The van der Waals surface area contributed by atoms with Gasteiger partial charge in [-0.15, -0.1) is 11.8 Å². The van der Waals surface area contributed by atoms with Crippen molar-refractivity contribution in [3.8, 4) is 0 Å².